The number of benzene rings is 3. The smallest absolute Gasteiger partial charge is 0.234 e. The number of thioether (sulfide) groups is 1. The molecule has 1 amide bonds. The maximum absolute atomic E-state index is 12.8. The van der Waals surface area contributed by atoms with Gasteiger partial charge in [-0.2, -0.15) is 0 Å². The second kappa shape index (κ2) is 11.1. The van der Waals surface area contributed by atoms with Crippen molar-refractivity contribution in [3.05, 3.63) is 83.9 Å². The third kappa shape index (κ3) is 5.71. The number of aromatic nitrogens is 3. The van der Waals surface area contributed by atoms with E-state index in [2.05, 4.69) is 74.7 Å². The van der Waals surface area contributed by atoms with Gasteiger partial charge >= 0.3 is 0 Å². The molecule has 0 radical (unpaired) electrons. The second-order valence-corrected chi connectivity index (χ2v) is 10.6. The zero-order valence-corrected chi connectivity index (χ0v) is 21.7. The van der Waals surface area contributed by atoms with Gasteiger partial charge in [0.05, 0.1) is 5.75 Å². The van der Waals surface area contributed by atoms with Gasteiger partial charge < -0.3 is 5.32 Å². The van der Waals surface area contributed by atoms with Gasteiger partial charge in [-0.25, -0.2) is 0 Å². The van der Waals surface area contributed by atoms with Crippen LogP contribution in [-0.4, -0.2) is 26.4 Å². The Morgan fingerprint density at radius 3 is 2.19 bits per heavy atom. The number of anilines is 1. The number of hydrogen-bond donors (Lipinski definition) is 1. The van der Waals surface area contributed by atoms with Gasteiger partial charge in [-0.3, -0.25) is 9.36 Å². The van der Waals surface area contributed by atoms with Crippen LogP contribution >= 0.6 is 11.8 Å². The van der Waals surface area contributed by atoms with E-state index in [-0.39, 0.29) is 5.91 Å². The third-order valence-corrected chi connectivity index (χ3v) is 7.64. The van der Waals surface area contributed by atoms with E-state index >= 15 is 0 Å². The van der Waals surface area contributed by atoms with Crippen molar-refractivity contribution in [1.82, 2.24) is 14.8 Å². The molecule has 4 aromatic rings. The lowest BCUT2D eigenvalue weighted by Crippen LogP contribution is -2.17. The minimum atomic E-state index is -0.0306. The van der Waals surface area contributed by atoms with Crippen molar-refractivity contribution in [1.29, 1.82) is 0 Å². The van der Waals surface area contributed by atoms with Crippen LogP contribution in [0.15, 0.2) is 78.0 Å². The molecule has 184 valence electrons. The molecule has 0 bridgehead atoms. The second-order valence-electron chi connectivity index (χ2n) is 9.62. The topological polar surface area (TPSA) is 59.8 Å². The molecule has 5 rings (SSSR count). The summed E-state index contributed by atoms with van der Waals surface area (Å²) in [6.07, 6.45) is 5.95. The number of nitrogens with one attached hydrogen (secondary N) is 1. The van der Waals surface area contributed by atoms with Crippen LogP contribution in [0, 0.1) is 13.8 Å². The highest BCUT2D eigenvalue weighted by Gasteiger charge is 2.24. The van der Waals surface area contributed by atoms with E-state index in [9.17, 15) is 4.79 Å². The molecule has 0 atom stereocenters. The van der Waals surface area contributed by atoms with Gasteiger partial charge in [0, 0.05) is 17.3 Å². The van der Waals surface area contributed by atoms with E-state index in [0.717, 1.165) is 46.2 Å². The van der Waals surface area contributed by atoms with E-state index in [1.54, 1.807) is 0 Å². The summed E-state index contributed by atoms with van der Waals surface area (Å²) in [4.78, 5) is 12.8. The van der Waals surface area contributed by atoms with Gasteiger partial charge in [0.15, 0.2) is 11.0 Å². The summed E-state index contributed by atoms with van der Waals surface area (Å²) in [5.74, 6) is 1.15. The van der Waals surface area contributed by atoms with E-state index in [1.807, 2.05) is 32.0 Å². The first kappa shape index (κ1) is 24.3. The molecular weight excluding hydrogens is 464 g/mol. The largest absolute Gasteiger partial charge is 0.325 e. The minimum Gasteiger partial charge on any atom is -0.325 e. The highest BCUT2D eigenvalue weighted by molar-refractivity contribution is 7.99. The average Bonchev–Trinajstić information content (AvgIpc) is 3.32. The average molecular weight is 497 g/mol. The van der Waals surface area contributed by atoms with Gasteiger partial charge in [0.2, 0.25) is 5.91 Å². The Bertz CT molecular complexity index is 1300. The van der Waals surface area contributed by atoms with Crippen molar-refractivity contribution in [3.63, 3.8) is 0 Å². The molecule has 36 heavy (non-hydrogen) atoms. The van der Waals surface area contributed by atoms with Crippen molar-refractivity contribution in [2.24, 2.45) is 0 Å². The standard InChI is InChI=1S/C30H32N4OS/c1-21-17-22(2)19-26(18-21)31-28(35)20-36-30-33-32-29(34(30)27-11-7-4-8-12-27)25-15-13-24(14-16-25)23-9-5-3-6-10-23/h3,5-6,9-10,13-19,27H,4,7-8,11-12,20H2,1-2H3,(H,31,35). The predicted octanol–water partition coefficient (Wildman–Crippen LogP) is 7.46. The molecule has 5 nitrogen and oxygen atoms in total. The lowest BCUT2D eigenvalue weighted by molar-refractivity contribution is -0.113. The van der Waals surface area contributed by atoms with Crippen LogP contribution in [0.5, 0.6) is 0 Å². The molecule has 1 aliphatic carbocycles. The van der Waals surface area contributed by atoms with Gasteiger partial charge in [-0.05, 0) is 61.1 Å². The summed E-state index contributed by atoms with van der Waals surface area (Å²) in [6, 6.07) is 25.4. The number of nitrogens with zero attached hydrogens (tertiary/aromatic N) is 3. The number of hydrogen-bond acceptors (Lipinski definition) is 4. The highest BCUT2D eigenvalue weighted by atomic mass is 32.2. The number of aryl methyl sites for hydroxylation is 2. The van der Waals surface area contributed by atoms with Crippen LogP contribution in [0.2, 0.25) is 0 Å². The first-order valence-electron chi connectivity index (χ1n) is 12.7. The Kier molecular flexibility index (Phi) is 7.52. The molecule has 1 aromatic heterocycles. The van der Waals surface area contributed by atoms with Gasteiger partial charge in [0.1, 0.15) is 0 Å². The van der Waals surface area contributed by atoms with Gasteiger partial charge in [-0.1, -0.05) is 91.7 Å². The van der Waals surface area contributed by atoms with Crippen molar-refractivity contribution < 1.29 is 4.79 Å². The maximum Gasteiger partial charge on any atom is 0.234 e. The Morgan fingerprint density at radius 2 is 1.50 bits per heavy atom. The zero-order valence-electron chi connectivity index (χ0n) is 20.9. The van der Waals surface area contributed by atoms with E-state index in [1.165, 1.54) is 42.2 Å². The summed E-state index contributed by atoms with van der Waals surface area (Å²) >= 11 is 1.47. The summed E-state index contributed by atoms with van der Waals surface area (Å²) in [5, 5.41) is 13.0. The van der Waals surface area contributed by atoms with E-state index in [0.29, 0.717) is 11.8 Å². The summed E-state index contributed by atoms with van der Waals surface area (Å²) in [5.41, 5.74) is 6.55. The first-order chi connectivity index (χ1) is 17.6. The summed E-state index contributed by atoms with van der Waals surface area (Å²) < 4.78 is 2.28. The van der Waals surface area contributed by atoms with Crippen molar-refractivity contribution in [2.45, 2.75) is 57.1 Å². The zero-order chi connectivity index (χ0) is 24.9. The van der Waals surface area contributed by atoms with Crippen LogP contribution in [0.25, 0.3) is 22.5 Å². The SMILES string of the molecule is Cc1cc(C)cc(NC(=O)CSc2nnc(-c3ccc(-c4ccccc4)cc3)n2C2CCCCC2)c1. The molecule has 1 N–H and O–H groups in total. The number of carbonyl (C=O) groups excluding carboxylic acids is 1. The van der Waals surface area contributed by atoms with Crippen LogP contribution in [-0.2, 0) is 4.79 Å². The summed E-state index contributed by atoms with van der Waals surface area (Å²) in [6.45, 7) is 4.08. The quantitative estimate of drug-likeness (QED) is 0.270. The maximum atomic E-state index is 12.8. The van der Waals surface area contributed by atoms with Crippen molar-refractivity contribution >= 4 is 23.4 Å². The monoisotopic (exact) mass is 496 g/mol. The van der Waals surface area contributed by atoms with Crippen LogP contribution in [0.3, 0.4) is 0 Å². The first-order valence-corrected chi connectivity index (χ1v) is 13.7. The molecule has 1 aliphatic rings. The molecule has 0 aliphatic heterocycles. The normalized spacial score (nSPS) is 14.1. The molecular formula is C30H32N4OS. The molecule has 1 saturated carbocycles. The summed E-state index contributed by atoms with van der Waals surface area (Å²) in [7, 11) is 0. The fraction of sp³-hybridized carbons (Fsp3) is 0.300. The fourth-order valence-electron chi connectivity index (χ4n) is 5.06. The van der Waals surface area contributed by atoms with E-state index in [4.69, 9.17) is 0 Å². The highest BCUT2D eigenvalue weighted by Crippen LogP contribution is 2.36. The van der Waals surface area contributed by atoms with Crippen LogP contribution < -0.4 is 5.32 Å². The van der Waals surface area contributed by atoms with Gasteiger partial charge in [-0.15, -0.1) is 10.2 Å². The Balaban J connectivity index is 1.36. The number of carbonyl (C=O) groups is 1. The van der Waals surface area contributed by atoms with Crippen LogP contribution in [0.1, 0.15) is 49.3 Å². The molecule has 1 fully saturated rings. The van der Waals surface area contributed by atoms with Gasteiger partial charge in [0.25, 0.3) is 0 Å². The molecule has 0 spiro atoms. The lowest BCUT2D eigenvalue weighted by Gasteiger charge is -2.25. The Morgan fingerprint density at radius 1 is 0.861 bits per heavy atom. The predicted molar refractivity (Wildman–Crippen MR) is 148 cm³/mol. The number of amides is 1. The molecule has 0 saturated heterocycles. The fourth-order valence-corrected chi connectivity index (χ4v) is 5.86. The third-order valence-electron chi connectivity index (χ3n) is 6.69. The van der Waals surface area contributed by atoms with E-state index < -0.39 is 0 Å². The number of rotatable bonds is 7. The lowest BCUT2D eigenvalue weighted by atomic mass is 9.95. The van der Waals surface area contributed by atoms with Crippen LogP contribution in [0.4, 0.5) is 5.69 Å². The molecule has 6 heteroatoms. The Labute approximate surface area is 217 Å². The minimum absolute atomic E-state index is 0.0306. The molecule has 1 heterocycles. The molecule has 3 aromatic carbocycles. The van der Waals surface area contributed by atoms with Crippen molar-refractivity contribution in [3.8, 4) is 22.5 Å². The van der Waals surface area contributed by atoms with Crippen molar-refractivity contribution in [2.75, 3.05) is 11.1 Å². The molecule has 0 unspecified atom stereocenters. The Hall–Kier alpha value is -3.38.